The van der Waals surface area contributed by atoms with Gasteiger partial charge >= 0.3 is 5.97 Å². The van der Waals surface area contributed by atoms with E-state index in [-0.39, 0.29) is 12.4 Å². The Morgan fingerprint density at radius 1 is 1.14 bits per heavy atom. The summed E-state index contributed by atoms with van der Waals surface area (Å²) in [5.41, 5.74) is 3.06. The second-order valence-corrected chi connectivity index (χ2v) is 9.52. The summed E-state index contributed by atoms with van der Waals surface area (Å²) >= 11 is 0. The lowest BCUT2D eigenvalue weighted by atomic mass is 9.91. The average Bonchev–Trinajstić information content (AvgIpc) is 3.17. The van der Waals surface area contributed by atoms with Crippen LogP contribution in [0.1, 0.15) is 39.5 Å². The van der Waals surface area contributed by atoms with Crippen molar-refractivity contribution in [3.8, 4) is 11.5 Å². The third kappa shape index (κ3) is 5.67. The van der Waals surface area contributed by atoms with Gasteiger partial charge < -0.3 is 19.5 Å². The fourth-order valence-electron chi connectivity index (χ4n) is 4.74. The number of carboxylic acid groups (broad SMARTS) is 1. The first-order chi connectivity index (χ1) is 17.2. The van der Waals surface area contributed by atoms with Gasteiger partial charge in [0, 0.05) is 30.5 Å². The number of halogens is 1. The molecule has 0 fully saturated rings. The number of rotatable bonds is 9. The summed E-state index contributed by atoms with van der Waals surface area (Å²) in [7, 11) is 1.49. The highest BCUT2D eigenvalue weighted by Crippen LogP contribution is 2.44. The number of ether oxygens (including phenoxy) is 2. The molecule has 0 saturated heterocycles. The minimum atomic E-state index is -1.08. The van der Waals surface area contributed by atoms with Crippen molar-refractivity contribution in [3.05, 3.63) is 94.3 Å². The van der Waals surface area contributed by atoms with Gasteiger partial charge in [-0.25, -0.2) is 4.39 Å². The summed E-state index contributed by atoms with van der Waals surface area (Å²) in [4.78, 5) is 26.3. The zero-order valence-electron chi connectivity index (χ0n) is 20.7. The lowest BCUT2D eigenvalue weighted by molar-refractivity contribution is -0.137. The fraction of sp³-hybridized carbons (Fsp3) is 0.310. The average molecular weight is 492 g/mol. The number of methoxy groups -OCH3 is 1. The van der Waals surface area contributed by atoms with Gasteiger partial charge in [0.25, 0.3) is 5.91 Å². The predicted octanol–water partition coefficient (Wildman–Crippen LogP) is 4.85. The third-order valence-corrected chi connectivity index (χ3v) is 6.40. The number of carboxylic acids is 1. The van der Waals surface area contributed by atoms with Gasteiger partial charge in [-0.15, -0.1) is 0 Å². The van der Waals surface area contributed by atoms with Crippen LogP contribution in [-0.2, 0) is 24.1 Å². The van der Waals surface area contributed by atoms with E-state index in [1.54, 1.807) is 30.3 Å². The molecule has 1 aliphatic heterocycles. The number of amides is 1. The number of benzene rings is 3. The van der Waals surface area contributed by atoms with Crippen molar-refractivity contribution >= 4 is 11.9 Å². The minimum Gasteiger partial charge on any atom is -0.493 e. The molecule has 36 heavy (non-hydrogen) atoms. The van der Waals surface area contributed by atoms with E-state index >= 15 is 0 Å². The van der Waals surface area contributed by atoms with Crippen LogP contribution in [0.3, 0.4) is 0 Å². The van der Waals surface area contributed by atoms with Crippen LogP contribution in [0.25, 0.3) is 0 Å². The molecule has 188 valence electrons. The molecule has 7 heteroatoms. The first kappa shape index (κ1) is 25.2. The predicted molar refractivity (Wildman–Crippen MR) is 134 cm³/mol. The van der Waals surface area contributed by atoms with Crippen molar-refractivity contribution in [2.24, 2.45) is 0 Å². The monoisotopic (exact) mass is 491 g/mol. The highest BCUT2D eigenvalue weighted by molar-refractivity contribution is 5.97. The Labute approximate surface area is 210 Å². The Kier molecular flexibility index (Phi) is 7.29. The molecule has 1 aliphatic rings. The van der Waals surface area contributed by atoms with Crippen molar-refractivity contribution in [2.45, 2.75) is 38.7 Å². The Morgan fingerprint density at radius 3 is 2.61 bits per heavy atom. The van der Waals surface area contributed by atoms with Crippen molar-refractivity contribution in [2.75, 3.05) is 20.2 Å². The summed E-state index contributed by atoms with van der Waals surface area (Å²) in [6.07, 6.45) is 1.34. The van der Waals surface area contributed by atoms with Gasteiger partial charge in [-0.3, -0.25) is 9.59 Å². The molecule has 1 atom stereocenters. The van der Waals surface area contributed by atoms with Gasteiger partial charge in [-0.1, -0.05) is 48.0 Å². The van der Waals surface area contributed by atoms with E-state index in [0.29, 0.717) is 41.9 Å². The van der Waals surface area contributed by atoms with Crippen molar-refractivity contribution < 1.29 is 28.6 Å². The van der Waals surface area contributed by atoms with Crippen LogP contribution >= 0.6 is 0 Å². The summed E-state index contributed by atoms with van der Waals surface area (Å²) in [5.74, 6) is -0.853. The molecule has 0 radical (unpaired) electrons. The quantitative estimate of drug-likeness (QED) is 0.463. The van der Waals surface area contributed by atoms with Gasteiger partial charge in [0.15, 0.2) is 11.5 Å². The van der Waals surface area contributed by atoms with Gasteiger partial charge in [-0.2, -0.15) is 0 Å². The van der Waals surface area contributed by atoms with Gasteiger partial charge in [0.05, 0.1) is 7.11 Å². The number of carbonyl (C=O) groups is 2. The van der Waals surface area contributed by atoms with Crippen LogP contribution in [0.2, 0.25) is 0 Å². The number of hydrogen-bond donors (Lipinski definition) is 1. The van der Waals surface area contributed by atoms with Gasteiger partial charge in [0.2, 0.25) is 0 Å². The van der Waals surface area contributed by atoms with Crippen molar-refractivity contribution in [1.82, 2.24) is 4.90 Å². The van der Waals surface area contributed by atoms with Crippen LogP contribution in [0.15, 0.2) is 60.7 Å². The molecule has 1 heterocycles. The molecular formula is C29H30FNO5. The number of hydrogen-bond acceptors (Lipinski definition) is 4. The Hall–Kier alpha value is -3.87. The molecule has 3 aromatic rings. The molecule has 1 amide bonds. The fourth-order valence-corrected chi connectivity index (χ4v) is 4.74. The number of carbonyl (C=O) groups excluding carboxylic acids is 1. The lowest BCUT2D eigenvalue weighted by Crippen LogP contribution is -2.37. The van der Waals surface area contributed by atoms with Crippen molar-refractivity contribution in [1.29, 1.82) is 0 Å². The molecule has 6 nitrogen and oxygen atoms in total. The number of aliphatic carboxylic acids is 1. The number of nitrogens with zero attached hydrogens (tertiary/aromatic N) is 1. The molecule has 0 aliphatic carbocycles. The standard InChI is InChI=1S/C29H30FNO5/c1-19-7-6-8-20(13-19)11-12-31(18-26(32)33)28(34)22-14-23-17-29(2,36-27(23)25(15-22)35-3)16-21-9-4-5-10-24(21)30/h4-10,13-15H,11-12,16-18H2,1-3H3,(H,32,33). The van der Waals surface area contributed by atoms with E-state index < -0.39 is 24.0 Å². The van der Waals surface area contributed by atoms with Crippen LogP contribution in [0.5, 0.6) is 11.5 Å². The van der Waals surface area contributed by atoms with Crippen LogP contribution in [-0.4, -0.2) is 47.7 Å². The maximum Gasteiger partial charge on any atom is 0.323 e. The molecule has 0 aromatic heterocycles. The highest BCUT2D eigenvalue weighted by Gasteiger charge is 2.38. The van der Waals surface area contributed by atoms with Gasteiger partial charge in [-0.05, 0) is 49.6 Å². The smallest absolute Gasteiger partial charge is 0.323 e. The van der Waals surface area contributed by atoms with E-state index in [1.165, 1.54) is 18.1 Å². The SMILES string of the molecule is COc1cc(C(=O)N(CCc2cccc(C)c2)CC(=O)O)cc2c1OC(C)(Cc1ccccc1F)C2. The lowest BCUT2D eigenvalue weighted by Gasteiger charge is -2.24. The van der Waals surface area contributed by atoms with Gasteiger partial charge in [0.1, 0.15) is 18.0 Å². The van der Waals surface area contributed by atoms with E-state index in [2.05, 4.69) is 0 Å². The minimum absolute atomic E-state index is 0.259. The molecule has 4 rings (SSSR count). The largest absolute Gasteiger partial charge is 0.493 e. The molecule has 3 aromatic carbocycles. The van der Waals surface area contributed by atoms with Crippen LogP contribution < -0.4 is 9.47 Å². The Balaban J connectivity index is 1.57. The van der Waals surface area contributed by atoms with E-state index in [1.807, 2.05) is 38.1 Å². The number of aryl methyl sites for hydroxylation is 1. The van der Waals surface area contributed by atoms with Crippen LogP contribution in [0, 0.1) is 12.7 Å². The molecule has 1 N–H and O–H groups in total. The first-order valence-electron chi connectivity index (χ1n) is 11.9. The molecular weight excluding hydrogens is 461 g/mol. The first-order valence-corrected chi connectivity index (χ1v) is 11.9. The molecule has 0 bridgehead atoms. The highest BCUT2D eigenvalue weighted by atomic mass is 19.1. The zero-order valence-corrected chi connectivity index (χ0v) is 20.7. The maximum atomic E-state index is 14.3. The second-order valence-electron chi connectivity index (χ2n) is 9.52. The number of fused-ring (bicyclic) bond motifs is 1. The normalized spacial score (nSPS) is 16.2. The van der Waals surface area contributed by atoms with E-state index in [4.69, 9.17) is 9.47 Å². The summed E-state index contributed by atoms with van der Waals surface area (Å²) in [5, 5.41) is 9.44. The zero-order chi connectivity index (χ0) is 25.9. The topological polar surface area (TPSA) is 76.1 Å². The second kappa shape index (κ2) is 10.4. The summed E-state index contributed by atoms with van der Waals surface area (Å²) < 4.78 is 26.1. The van der Waals surface area contributed by atoms with E-state index in [0.717, 1.165) is 16.7 Å². The summed E-state index contributed by atoms with van der Waals surface area (Å²) in [6, 6.07) is 17.8. The van der Waals surface area contributed by atoms with Crippen molar-refractivity contribution in [3.63, 3.8) is 0 Å². The Morgan fingerprint density at radius 2 is 1.92 bits per heavy atom. The van der Waals surface area contributed by atoms with E-state index in [9.17, 15) is 19.1 Å². The summed E-state index contributed by atoms with van der Waals surface area (Å²) in [6.45, 7) is 3.74. The molecule has 1 unspecified atom stereocenters. The molecule has 0 saturated carbocycles. The van der Waals surface area contributed by atoms with Crippen LogP contribution in [0.4, 0.5) is 4.39 Å². The molecule has 0 spiro atoms. The maximum absolute atomic E-state index is 14.3. The third-order valence-electron chi connectivity index (χ3n) is 6.40. The Bertz CT molecular complexity index is 1290.